The molecule has 2 nitrogen and oxygen atoms in total. The zero-order valence-electron chi connectivity index (χ0n) is 11.0. The first-order valence-electron chi connectivity index (χ1n) is 6.31. The molecule has 0 N–H and O–H groups in total. The van der Waals surface area contributed by atoms with Gasteiger partial charge in [-0.25, -0.2) is 0 Å². The molecule has 17 heavy (non-hydrogen) atoms. The smallest absolute Gasteiger partial charge is 0.162 e. The highest BCUT2D eigenvalue weighted by atomic mass is 16.5. The average molecular weight is 234 g/mol. The van der Waals surface area contributed by atoms with Gasteiger partial charge < -0.3 is 4.74 Å². The van der Waals surface area contributed by atoms with Gasteiger partial charge in [0, 0.05) is 18.6 Å². The summed E-state index contributed by atoms with van der Waals surface area (Å²) in [5, 5.41) is 0. The molecule has 1 atom stereocenters. The normalized spacial score (nSPS) is 12.7. The van der Waals surface area contributed by atoms with Gasteiger partial charge in [-0.3, -0.25) is 4.79 Å². The van der Waals surface area contributed by atoms with Crippen molar-refractivity contribution in [2.45, 2.75) is 39.7 Å². The van der Waals surface area contributed by atoms with Crippen LogP contribution in [0.5, 0.6) is 0 Å². The summed E-state index contributed by atoms with van der Waals surface area (Å²) >= 11 is 0. The molecule has 0 saturated carbocycles. The number of benzene rings is 1. The molecule has 0 aliphatic carbocycles. The molecule has 1 aromatic rings. The van der Waals surface area contributed by atoms with E-state index in [-0.39, 0.29) is 11.9 Å². The van der Waals surface area contributed by atoms with Gasteiger partial charge >= 0.3 is 0 Å². The minimum absolute atomic E-state index is 0.200. The number of ether oxygens (including phenoxy) is 1. The van der Waals surface area contributed by atoms with Gasteiger partial charge in [0.15, 0.2) is 5.78 Å². The second-order valence-corrected chi connectivity index (χ2v) is 4.71. The van der Waals surface area contributed by atoms with Crippen LogP contribution in [0.15, 0.2) is 30.3 Å². The maximum absolute atomic E-state index is 11.8. The molecule has 0 amide bonds. The van der Waals surface area contributed by atoms with Crippen LogP contribution in [-0.4, -0.2) is 18.5 Å². The van der Waals surface area contributed by atoms with Gasteiger partial charge in [-0.15, -0.1) is 0 Å². The fourth-order valence-electron chi connectivity index (χ4n) is 1.46. The van der Waals surface area contributed by atoms with Crippen LogP contribution in [0.3, 0.4) is 0 Å². The van der Waals surface area contributed by atoms with Crippen molar-refractivity contribution in [3.63, 3.8) is 0 Å². The minimum Gasteiger partial charge on any atom is -0.378 e. The SMILES string of the molecule is CC(C)C(C)OCCCC(=O)c1ccccc1. The number of Topliss-reactive ketones (excluding diaryl/α,β-unsaturated/α-hetero) is 1. The van der Waals surface area contributed by atoms with E-state index in [0.29, 0.717) is 18.9 Å². The van der Waals surface area contributed by atoms with Crippen LogP contribution in [0.25, 0.3) is 0 Å². The second-order valence-electron chi connectivity index (χ2n) is 4.71. The standard InChI is InChI=1S/C15H22O2/c1-12(2)13(3)17-11-7-10-15(16)14-8-5-4-6-9-14/h4-6,8-9,12-13H,7,10-11H2,1-3H3. The number of carbonyl (C=O) groups is 1. The van der Waals surface area contributed by atoms with Crippen molar-refractivity contribution in [2.24, 2.45) is 5.92 Å². The van der Waals surface area contributed by atoms with Crippen LogP contribution in [0, 0.1) is 5.92 Å². The summed E-state index contributed by atoms with van der Waals surface area (Å²) in [5.74, 6) is 0.728. The third kappa shape index (κ3) is 5.14. The van der Waals surface area contributed by atoms with Crippen LogP contribution in [0.1, 0.15) is 44.0 Å². The Bertz CT molecular complexity index is 330. The Balaban J connectivity index is 2.22. The predicted molar refractivity (Wildman–Crippen MR) is 70.3 cm³/mol. The van der Waals surface area contributed by atoms with Gasteiger partial charge in [0.2, 0.25) is 0 Å². The number of rotatable bonds is 7. The molecule has 0 radical (unpaired) electrons. The van der Waals surface area contributed by atoms with Crippen molar-refractivity contribution in [1.82, 2.24) is 0 Å². The minimum atomic E-state index is 0.200. The first kappa shape index (κ1) is 13.9. The van der Waals surface area contributed by atoms with Crippen LogP contribution in [0.2, 0.25) is 0 Å². The predicted octanol–water partition coefficient (Wildman–Crippen LogP) is 3.71. The molecule has 0 fully saturated rings. The number of ketones is 1. The first-order chi connectivity index (χ1) is 8.11. The van der Waals surface area contributed by atoms with Crippen LogP contribution in [-0.2, 0) is 4.74 Å². The summed E-state index contributed by atoms with van der Waals surface area (Å²) in [7, 11) is 0. The summed E-state index contributed by atoms with van der Waals surface area (Å²) < 4.78 is 5.64. The monoisotopic (exact) mass is 234 g/mol. The van der Waals surface area contributed by atoms with Crippen LogP contribution in [0.4, 0.5) is 0 Å². The van der Waals surface area contributed by atoms with Crippen molar-refractivity contribution in [1.29, 1.82) is 0 Å². The zero-order valence-corrected chi connectivity index (χ0v) is 11.0. The highest BCUT2D eigenvalue weighted by Gasteiger charge is 2.08. The lowest BCUT2D eigenvalue weighted by atomic mass is 10.1. The van der Waals surface area contributed by atoms with Crippen molar-refractivity contribution in [3.05, 3.63) is 35.9 Å². The van der Waals surface area contributed by atoms with E-state index in [1.165, 1.54) is 0 Å². The fraction of sp³-hybridized carbons (Fsp3) is 0.533. The Kier molecular flexibility index (Phi) is 5.92. The number of hydrogen-bond acceptors (Lipinski definition) is 2. The van der Waals surface area contributed by atoms with Crippen molar-refractivity contribution >= 4 is 5.78 Å². The Morgan fingerprint density at radius 1 is 1.18 bits per heavy atom. The molecule has 2 heteroatoms. The summed E-state index contributed by atoms with van der Waals surface area (Å²) in [6, 6.07) is 9.43. The molecule has 0 heterocycles. The molecule has 94 valence electrons. The van der Waals surface area contributed by atoms with E-state index in [1.807, 2.05) is 30.3 Å². The Labute approximate surface area is 104 Å². The molecule has 1 unspecified atom stereocenters. The lowest BCUT2D eigenvalue weighted by Crippen LogP contribution is -2.16. The van der Waals surface area contributed by atoms with E-state index < -0.39 is 0 Å². The highest BCUT2D eigenvalue weighted by Crippen LogP contribution is 2.08. The van der Waals surface area contributed by atoms with Gasteiger partial charge in [-0.2, -0.15) is 0 Å². The number of hydrogen-bond donors (Lipinski definition) is 0. The summed E-state index contributed by atoms with van der Waals surface area (Å²) in [5.41, 5.74) is 0.796. The largest absolute Gasteiger partial charge is 0.378 e. The van der Waals surface area contributed by atoms with E-state index in [0.717, 1.165) is 12.0 Å². The molecule has 0 bridgehead atoms. The maximum Gasteiger partial charge on any atom is 0.162 e. The molecule has 1 rings (SSSR count). The van der Waals surface area contributed by atoms with Crippen molar-refractivity contribution in [3.8, 4) is 0 Å². The molecule has 0 aliphatic rings. The molecule has 0 aromatic heterocycles. The van der Waals surface area contributed by atoms with Crippen LogP contribution < -0.4 is 0 Å². The van der Waals surface area contributed by atoms with Gasteiger partial charge in [0.25, 0.3) is 0 Å². The van der Waals surface area contributed by atoms with E-state index in [1.54, 1.807) is 0 Å². The topological polar surface area (TPSA) is 26.3 Å². The van der Waals surface area contributed by atoms with E-state index >= 15 is 0 Å². The van der Waals surface area contributed by atoms with Gasteiger partial charge in [-0.05, 0) is 19.3 Å². The van der Waals surface area contributed by atoms with Crippen LogP contribution >= 0.6 is 0 Å². The molecule has 0 saturated heterocycles. The summed E-state index contributed by atoms with van der Waals surface area (Å²) in [6.07, 6.45) is 1.63. The molecule has 0 spiro atoms. The Hall–Kier alpha value is -1.15. The third-order valence-electron chi connectivity index (χ3n) is 2.96. The van der Waals surface area contributed by atoms with Gasteiger partial charge in [-0.1, -0.05) is 44.2 Å². The zero-order chi connectivity index (χ0) is 12.7. The van der Waals surface area contributed by atoms with E-state index in [9.17, 15) is 4.79 Å². The lowest BCUT2D eigenvalue weighted by molar-refractivity contribution is 0.0331. The summed E-state index contributed by atoms with van der Waals surface area (Å²) in [6.45, 7) is 7.02. The lowest BCUT2D eigenvalue weighted by Gasteiger charge is -2.16. The van der Waals surface area contributed by atoms with E-state index in [4.69, 9.17) is 4.74 Å². The Morgan fingerprint density at radius 3 is 2.41 bits per heavy atom. The average Bonchev–Trinajstić information content (AvgIpc) is 2.35. The van der Waals surface area contributed by atoms with Crippen molar-refractivity contribution in [2.75, 3.05) is 6.61 Å². The highest BCUT2D eigenvalue weighted by molar-refractivity contribution is 5.95. The quantitative estimate of drug-likeness (QED) is 0.531. The maximum atomic E-state index is 11.8. The van der Waals surface area contributed by atoms with Gasteiger partial charge in [0.05, 0.1) is 6.10 Å². The molecular weight excluding hydrogens is 212 g/mol. The number of carbonyl (C=O) groups excluding carboxylic acids is 1. The molecule has 0 aliphatic heterocycles. The van der Waals surface area contributed by atoms with Gasteiger partial charge in [0.1, 0.15) is 0 Å². The molecule has 1 aromatic carbocycles. The fourth-order valence-corrected chi connectivity index (χ4v) is 1.46. The molecular formula is C15H22O2. The summed E-state index contributed by atoms with van der Waals surface area (Å²) in [4.78, 5) is 11.8. The third-order valence-corrected chi connectivity index (χ3v) is 2.96. The Morgan fingerprint density at radius 2 is 1.82 bits per heavy atom. The van der Waals surface area contributed by atoms with Crippen molar-refractivity contribution < 1.29 is 9.53 Å². The second kappa shape index (κ2) is 7.23. The van der Waals surface area contributed by atoms with E-state index in [2.05, 4.69) is 20.8 Å². The first-order valence-corrected chi connectivity index (χ1v) is 6.31.